The number of rotatable bonds is 3. The van der Waals surface area contributed by atoms with Crippen LogP contribution in [0.4, 0.5) is 4.39 Å². The molecule has 2 rings (SSSR count). The Morgan fingerprint density at radius 1 is 1.42 bits per heavy atom. The molecule has 5 nitrogen and oxygen atoms in total. The summed E-state index contributed by atoms with van der Waals surface area (Å²) in [6.07, 6.45) is 0. The fourth-order valence-corrected chi connectivity index (χ4v) is 1.57. The first-order valence-electron chi connectivity index (χ1n) is 5.44. The van der Waals surface area contributed by atoms with Crippen molar-refractivity contribution < 1.29 is 9.13 Å². The second kappa shape index (κ2) is 5.31. The van der Waals surface area contributed by atoms with Gasteiger partial charge in [0.05, 0.1) is 19.2 Å². The molecule has 2 aromatic rings. The third-order valence-corrected chi connectivity index (χ3v) is 2.54. The van der Waals surface area contributed by atoms with Crippen molar-refractivity contribution in [1.29, 1.82) is 5.26 Å². The van der Waals surface area contributed by atoms with E-state index in [1.54, 1.807) is 12.1 Å². The quantitative estimate of drug-likeness (QED) is 0.833. The van der Waals surface area contributed by atoms with Crippen LogP contribution in [0.1, 0.15) is 11.1 Å². The van der Waals surface area contributed by atoms with Crippen LogP contribution in [0.5, 0.6) is 5.88 Å². The molecule has 0 saturated carbocycles. The number of aromatic nitrogens is 2. The number of methoxy groups -OCH3 is 1. The van der Waals surface area contributed by atoms with E-state index in [4.69, 9.17) is 10.00 Å². The molecule has 0 bridgehead atoms. The molecule has 0 aliphatic rings. The number of nitrogens with zero attached hydrogens (tertiary/aromatic N) is 3. The van der Waals surface area contributed by atoms with Gasteiger partial charge in [0.2, 0.25) is 5.88 Å². The number of benzene rings is 1. The maximum atomic E-state index is 13.4. The molecule has 0 aliphatic heterocycles. The van der Waals surface area contributed by atoms with Crippen LogP contribution in [0.2, 0.25) is 0 Å². The van der Waals surface area contributed by atoms with E-state index in [1.165, 1.54) is 36.1 Å². The third kappa shape index (κ3) is 2.77. The van der Waals surface area contributed by atoms with Gasteiger partial charge in [0.25, 0.3) is 5.56 Å². The maximum absolute atomic E-state index is 13.4. The zero-order chi connectivity index (χ0) is 13.8. The van der Waals surface area contributed by atoms with Gasteiger partial charge < -0.3 is 4.74 Å². The van der Waals surface area contributed by atoms with Crippen molar-refractivity contribution >= 4 is 0 Å². The Kier molecular flexibility index (Phi) is 3.57. The van der Waals surface area contributed by atoms with Crippen molar-refractivity contribution in [1.82, 2.24) is 9.78 Å². The molecule has 1 aromatic carbocycles. The molecule has 1 aromatic heterocycles. The number of ether oxygens (including phenoxy) is 1. The Bertz CT molecular complexity index is 704. The molecule has 0 spiro atoms. The van der Waals surface area contributed by atoms with E-state index in [9.17, 15) is 9.18 Å². The zero-order valence-corrected chi connectivity index (χ0v) is 10.1. The minimum Gasteiger partial charge on any atom is -0.480 e. The van der Waals surface area contributed by atoms with Crippen LogP contribution in [-0.2, 0) is 6.54 Å². The SMILES string of the molecule is COc1ccc(=O)n(Cc2ccc(C#N)c(F)c2)n1. The van der Waals surface area contributed by atoms with Gasteiger partial charge in [-0.3, -0.25) is 4.79 Å². The van der Waals surface area contributed by atoms with Crippen molar-refractivity contribution in [2.45, 2.75) is 6.54 Å². The van der Waals surface area contributed by atoms with Gasteiger partial charge in [-0.1, -0.05) is 6.07 Å². The topological polar surface area (TPSA) is 67.9 Å². The lowest BCUT2D eigenvalue weighted by Crippen LogP contribution is -2.22. The van der Waals surface area contributed by atoms with Crippen LogP contribution >= 0.6 is 0 Å². The number of halogens is 1. The lowest BCUT2D eigenvalue weighted by Gasteiger charge is -2.06. The van der Waals surface area contributed by atoms with Gasteiger partial charge in [0.1, 0.15) is 11.9 Å². The smallest absolute Gasteiger partial charge is 0.267 e. The summed E-state index contributed by atoms with van der Waals surface area (Å²) in [7, 11) is 1.44. The molecule has 6 heteroatoms. The van der Waals surface area contributed by atoms with Crippen LogP contribution < -0.4 is 10.3 Å². The summed E-state index contributed by atoms with van der Waals surface area (Å²) in [6.45, 7) is 0.110. The molecule has 96 valence electrons. The predicted molar refractivity (Wildman–Crippen MR) is 65.3 cm³/mol. The number of hydrogen-bond donors (Lipinski definition) is 0. The van der Waals surface area contributed by atoms with E-state index >= 15 is 0 Å². The van der Waals surface area contributed by atoms with E-state index in [2.05, 4.69) is 5.10 Å². The molecule has 0 amide bonds. The summed E-state index contributed by atoms with van der Waals surface area (Å²) in [5.41, 5.74) is 0.194. The fourth-order valence-electron chi connectivity index (χ4n) is 1.57. The predicted octanol–water partition coefficient (Wildman–Crippen LogP) is 1.31. The van der Waals surface area contributed by atoms with Crippen LogP contribution in [0.25, 0.3) is 0 Å². The van der Waals surface area contributed by atoms with Crippen molar-refractivity contribution in [2.24, 2.45) is 0 Å². The van der Waals surface area contributed by atoms with Crippen LogP contribution in [-0.4, -0.2) is 16.9 Å². The maximum Gasteiger partial charge on any atom is 0.267 e. The van der Waals surface area contributed by atoms with Crippen LogP contribution in [0.3, 0.4) is 0 Å². The summed E-state index contributed by atoms with van der Waals surface area (Å²) < 4.78 is 19.5. The average molecular weight is 259 g/mol. The van der Waals surface area contributed by atoms with Crippen molar-refractivity contribution in [2.75, 3.05) is 7.11 Å². The molecule has 0 aliphatic carbocycles. The van der Waals surface area contributed by atoms with Gasteiger partial charge in [-0.15, -0.1) is 5.10 Å². The molecule has 0 radical (unpaired) electrons. The first-order chi connectivity index (χ1) is 9.13. The molecule has 19 heavy (non-hydrogen) atoms. The highest BCUT2D eigenvalue weighted by atomic mass is 19.1. The second-order valence-corrected chi connectivity index (χ2v) is 3.80. The van der Waals surface area contributed by atoms with E-state index in [-0.39, 0.29) is 17.7 Å². The van der Waals surface area contributed by atoms with Crippen molar-refractivity contribution in [3.05, 3.63) is 57.6 Å². The van der Waals surface area contributed by atoms with Crippen LogP contribution in [0.15, 0.2) is 35.1 Å². The van der Waals surface area contributed by atoms with Gasteiger partial charge in [-0.05, 0) is 17.7 Å². The molecular formula is C13H10FN3O2. The van der Waals surface area contributed by atoms with Gasteiger partial charge >= 0.3 is 0 Å². The van der Waals surface area contributed by atoms with Crippen molar-refractivity contribution in [3.63, 3.8) is 0 Å². The summed E-state index contributed by atoms with van der Waals surface area (Å²) >= 11 is 0. The van der Waals surface area contributed by atoms with Gasteiger partial charge in [0, 0.05) is 12.1 Å². The van der Waals surface area contributed by atoms with Crippen LogP contribution in [0, 0.1) is 17.1 Å². The van der Waals surface area contributed by atoms with E-state index in [0.717, 1.165) is 0 Å². The minimum atomic E-state index is -0.615. The number of nitriles is 1. The Morgan fingerprint density at radius 2 is 2.21 bits per heavy atom. The standard InChI is InChI=1S/C13H10FN3O2/c1-19-12-4-5-13(18)17(16-12)8-9-2-3-10(7-15)11(14)6-9/h2-6H,8H2,1H3. The zero-order valence-electron chi connectivity index (χ0n) is 10.1. The molecule has 0 N–H and O–H groups in total. The first kappa shape index (κ1) is 12.8. The molecule has 0 saturated heterocycles. The Hall–Kier alpha value is -2.68. The Labute approximate surface area is 108 Å². The van der Waals surface area contributed by atoms with Gasteiger partial charge in [0.15, 0.2) is 0 Å². The molecule has 1 heterocycles. The summed E-state index contributed by atoms with van der Waals surface area (Å²) in [6, 6.07) is 8.68. The Balaban J connectivity index is 2.34. The highest BCUT2D eigenvalue weighted by molar-refractivity contribution is 5.33. The molecular weight excluding hydrogens is 249 g/mol. The highest BCUT2D eigenvalue weighted by Crippen LogP contribution is 2.10. The molecule has 0 unspecified atom stereocenters. The summed E-state index contributed by atoms with van der Waals surface area (Å²) in [5, 5.41) is 12.6. The van der Waals surface area contributed by atoms with E-state index in [0.29, 0.717) is 11.4 Å². The van der Waals surface area contributed by atoms with Crippen molar-refractivity contribution in [3.8, 4) is 11.9 Å². The summed E-state index contributed by atoms with van der Waals surface area (Å²) in [4.78, 5) is 11.6. The monoisotopic (exact) mass is 259 g/mol. The lowest BCUT2D eigenvalue weighted by atomic mass is 10.1. The number of hydrogen-bond acceptors (Lipinski definition) is 4. The highest BCUT2D eigenvalue weighted by Gasteiger charge is 2.06. The lowest BCUT2D eigenvalue weighted by molar-refractivity contribution is 0.379. The fraction of sp³-hybridized carbons (Fsp3) is 0.154. The Morgan fingerprint density at radius 3 is 2.84 bits per heavy atom. The van der Waals surface area contributed by atoms with Gasteiger partial charge in [-0.25, -0.2) is 9.07 Å². The third-order valence-electron chi connectivity index (χ3n) is 2.54. The summed E-state index contributed by atoms with van der Waals surface area (Å²) in [5.74, 6) is -0.315. The first-order valence-corrected chi connectivity index (χ1v) is 5.44. The normalized spacial score (nSPS) is 9.95. The largest absolute Gasteiger partial charge is 0.480 e. The molecule has 0 fully saturated rings. The minimum absolute atomic E-state index is 0.0327. The average Bonchev–Trinajstić information content (AvgIpc) is 2.41. The van der Waals surface area contributed by atoms with E-state index in [1.807, 2.05) is 0 Å². The second-order valence-electron chi connectivity index (χ2n) is 3.80. The van der Waals surface area contributed by atoms with E-state index < -0.39 is 5.82 Å². The van der Waals surface area contributed by atoms with Gasteiger partial charge in [-0.2, -0.15) is 5.26 Å². The molecule has 0 atom stereocenters.